The van der Waals surface area contributed by atoms with E-state index in [4.69, 9.17) is 4.74 Å². The molecule has 0 radical (unpaired) electrons. The molecular weight excluding hydrogens is 318 g/mol. The summed E-state index contributed by atoms with van der Waals surface area (Å²) < 4.78 is 5.95. The summed E-state index contributed by atoms with van der Waals surface area (Å²) in [6, 6.07) is 6.22. The Kier molecular flexibility index (Phi) is 5.94. The maximum absolute atomic E-state index is 10.1. The summed E-state index contributed by atoms with van der Waals surface area (Å²) in [6.45, 7) is 5.37. The second-order valence-corrected chi connectivity index (χ2v) is 7.91. The van der Waals surface area contributed by atoms with Crippen LogP contribution in [-0.4, -0.2) is 71.6 Å². The van der Waals surface area contributed by atoms with Crippen molar-refractivity contribution in [3.63, 3.8) is 0 Å². The number of likely N-dealkylation sites (tertiary alicyclic amines) is 1. The van der Waals surface area contributed by atoms with Crippen molar-refractivity contribution in [2.75, 3.05) is 33.3 Å². The molecule has 0 amide bonds. The smallest absolute Gasteiger partial charge is 0.213 e. The molecular formula is C19H31N3O3. The first-order valence-corrected chi connectivity index (χ1v) is 9.30. The fraction of sp³-hybridized carbons (Fsp3) is 0.737. The summed E-state index contributed by atoms with van der Waals surface area (Å²) in [4.78, 5) is 6.74. The summed E-state index contributed by atoms with van der Waals surface area (Å²) in [5.41, 5.74) is 0.663. The van der Waals surface area contributed by atoms with Gasteiger partial charge >= 0.3 is 0 Å². The first kappa shape index (κ1) is 18.6. The molecule has 2 heterocycles. The molecule has 1 aliphatic carbocycles. The third kappa shape index (κ3) is 4.91. The Bertz CT molecular complexity index is 551. The number of ether oxygens (including phenoxy) is 1. The van der Waals surface area contributed by atoms with E-state index in [0.29, 0.717) is 31.4 Å². The topological polar surface area (TPSA) is 77.9 Å². The van der Waals surface area contributed by atoms with Gasteiger partial charge in [-0.05, 0) is 58.8 Å². The molecule has 1 unspecified atom stereocenters. The standard InChI is InChI=1S/C19H31N3O3/c1-14-4-3-5-18(21-14)25-13-19(10-16(23)17(24)11-19)12-20-15-6-8-22(2)9-7-15/h3-5,15-17,20,23-24H,6-13H2,1-2H3/t16-,17+,19?. The molecule has 0 bridgehead atoms. The number of aryl methyl sites for hydroxylation is 1. The highest BCUT2D eigenvalue weighted by molar-refractivity contribution is 5.15. The van der Waals surface area contributed by atoms with Crippen LogP contribution in [0, 0.1) is 12.3 Å². The maximum Gasteiger partial charge on any atom is 0.213 e. The van der Waals surface area contributed by atoms with Gasteiger partial charge in [0.1, 0.15) is 0 Å². The first-order chi connectivity index (χ1) is 12.0. The predicted octanol–water partition coefficient (Wildman–Crippen LogP) is 0.955. The van der Waals surface area contributed by atoms with E-state index < -0.39 is 12.2 Å². The minimum atomic E-state index is -0.673. The number of pyridine rings is 1. The second kappa shape index (κ2) is 7.99. The summed E-state index contributed by atoms with van der Waals surface area (Å²) in [7, 11) is 2.16. The molecule has 6 heteroatoms. The van der Waals surface area contributed by atoms with Gasteiger partial charge < -0.3 is 25.2 Å². The molecule has 2 fully saturated rings. The highest BCUT2D eigenvalue weighted by Gasteiger charge is 2.45. The lowest BCUT2D eigenvalue weighted by Crippen LogP contribution is -2.46. The van der Waals surface area contributed by atoms with Gasteiger partial charge in [0.25, 0.3) is 0 Å². The average Bonchev–Trinajstić information content (AvgIpc) is 2.88. The van der Waals surface area contributed by atoms with Crippen LogP contribution in [0.15, 0.2) is 18.2 Å². The van der Waals surface area contributed by atoms with E-state index in [9.17, 15) is 10.2 Å². The normalized spacial score (nSPS) is 31.4. The molecule has 0 aromatic carbocycles. The van der Waals surface area contributed by atoms with Crippen molar-refractivity contribution in [3.8, 4) is 5.88 Å². The van der Waals surface area contributed by atoms with Gasteiger partial charge in [-0.3, -0.25) is 0 Å². The number of aliphatic hydroxyl groups is 2. The van der Waals surface area contributed by atoms with Crippen LogP contribution in [0.1, 0.15) is 31.4 Å². The molecule has 3 rings (SSSR count). The molecule has 1 saturated heterocycles. The van der Waals surface area contributed by atoms with Crippen LogP contribution in [0.25, 0.3) is 0 Å². The zero-order valence-electron chi connectivity index (χ0n) is 15.3. The Hall–Kier alpha value is -1.21. The molecule has 140 valence electrons. The molecule has 6 nitrogen and oxygen atoms in total. The number of nitrogens with zero attached hydrogens (tertiary/aromatic N) is 2. The molecule has 2 aliphatic rings. The van der Waals surface area contributed by atoms with Gasteiger partial charge in [0.2, 0.25) is 5.88 Å². The van der Waals surface area contributed by atoms with Crippen molar-refractivity contribution in [2.24, 2.45) is 5.41 Å². The number of aliphatic hydroxyl groups excluding tert-OH is 2. The van der Waals surface area contributed by atoms with Crippen LogP contribution >= 0.6 is 0 Å². The summed E-state index contributed by atoms with van der Waals surface area (Å²) >= 11 is 0. The van der Waals surface area contributed by atoms with Gasteiger partial charge in [-0.1, -0.05) is 6.07 Å². The van der Waals surface area contributed by atoms with E-state index in [2.05, 4.69) is 22.2 Å². The first-order valence-electron chi connectivity index (χ1n) is 9.30. The highest BCUT2D eigenvalue weighted by atomic mass is 16.5. The van der Waals surface area contributed by atoms with Crippen molar-refractivity contribution in [1.29, 1.82) is 0 Å². The third-order valence-corrected chi connectivity index (χ3v) is 5.60. The SMILES string of the molecule is Cc1cccc(OCC2(CNC3CCN(C)CC3)C[C@@H](O)[C@@H](O)C2)n1. The van der Waals surface area contributed by atoms with E-state index in [1.807, 2.05) is 25.1 Å². The predicted molar refractivity (Wildman–Crippen MR) is 96.7 cm³/mol. The maximum atomic E-state index is 10.1. The van der Waals surface area contributed by atoms with E-state index in [0.717, 1.165) is 38.2 Å². The molecule has 3 atom stereocenters. The summed E-state index contributed by atoms with van der Waals surface area (Å²) in [5.74, 6) is 0.606. The Balaban J connectivity index is 1.60. The number of hydrogen-bond acceptors (Lipinski definition) is 6. The second-order valence-electron chi connectivity index (χ2n) is 7.91. The van der Waals surface area contributed by atoms with Crippen molar-refractivity contribution in [3.05, 3.63) is 23.9 Å². The molecule has 1 aromatic rings. The van der Waals surface area contributed by atoms with Crippen LogP contribution < -0.4 is 10.1 Å². The molecule has 1 aromatic heterocycles. The number of nitrogens with one attached hydrogen (secondary N) is 1. The lowest BCUT2D eigenvalue weighted by molar-refractivity contribution is 0.0438. The lowest BCUT2D eigenvalue weighted by atomic mass is 9.86. The highest BCUT2D eigenvalue weighted by Crippen LogP contribution is 2.38. The van der Waals surface area contributed by atoms with Crippen LogP contribution in [0.3, 0.4) is 0 Å². The van der Waals surface area contributed by atoms with Crippen LogP contribution in [0.5, 0.6) is 5.88 Å². The Morgan fingerprint density at radius 3 is 2.56 bits per heavy atom. The minimum absolute atomic E-state index is 0.256. The monoisotopic (exact) mass is 349 g/mol. The molecule has 25 heavy (non-hydrogen) atoms. The van der Waals surface area contributed by atoms with Crippen molar-refractivity contribution >= 4 is 0 Å². The zero-order chi connectivity index (χ0) is 17.9. The van der Waals surface area contributed by atoms with E-state index in [-0.39, 0.29) is 5.41 Å². The number of hydrogen-bond donors (Lipinski definition) is 3. The zero-order valence-corrected chi connectivity index (χ0v) is 15.3. The van der Waals surface area contributed by atoms with Crippen LogP contribution in [0.4, 0.5) is 0 Å². The fourth-order valence-electron chi connectivity index (χ4n) is 3.95. The van der Waals surface area contributed by atoms with Gasteiger partial charge in [-0.2, -0.15) is 0 Å². The number of aromatic nitrogens is 1. The quantitative estimate of drug-likeness (QED) is 0.710. The van der Waals surface area contributed by atoms with Gasteiger partial charge in [0.05, 0.1) is 18.8 Å². The van der Waals surface area contributed by atoms with Gasteiger partial charge in [-0.15, -0.1) is 0 Å². The summed E-state index contributed by atoms with van der Waals surface area (Å²) in [5, 5.41) is 23.8. The Labute approximate surface area is 150 Å². The van der Waals surface area contributed by atoms with Gasteiger partial charge in [0.15, 0.2) is 0 Å². The van der Waals surface area contributed by atoms with Gasteiger partial charge in [0, 0.05) is 29.8 Å². The number of rotatable bonds is 6. The Morgan fingerprint density at radius 2 is 1.92 bits per heavy atom. The largest absolute Gasteiger partial charge is 0.477 e. The molecule has 1 saturated carbocycles. The fourth-order valence-corrected chi connectivity index (χ4v) is 3.95. The van der Waals surface area contributed by atoms with E-state index in [1.54, 1.807) is 0 Å². The third-order valence-electron chi connectivity index (χ3n) is 5.60. The van der Waals surface area contributed by atoms with Crippen molar-refractivity contribution in [1.82, 2.24) is 15.2 Å². The van der Waals surface area contributed by atoms with Crippen LogP contribution in [-0.2, 0) is 0 Å². The minimum Gasteiger partial charge on any atom is -0.477 e. The van der Waals surface area contributed by atoms with E-state index in [1.165, 1.54) is 0 Å². The molecule has 1 aliphatic heterocycles. The lowest BCUT2D eigenvalue weighted by Gasteiger charge is -2.34. The summed E-state index contributed by atoms with van der Waals surface area (Å²) in [6.07, 6.45) is 2.04. The van der Waals surface area contributed by atoms with Crippen molar-refractivity contribution < 1.29 is 14.9 Å². The number of piperidine rings is 1. The van der Waals surface area contributed by atoms with E-state index >= 15 is 0 Å². The Morgan fingerprint density at radius 1 is 1.24 bits per heavy atom. The molecule has 3 N–H and O–H groups in total. The molecule has 0 spiro atoms. The average molecular weight is 349 g/mol. The van der Waals surface area contributed by atoms with Crippen molar-refractivity contribution in [2.45, 2.75) is 50.9 Å². The van der Waals surface area contributed by atoms with Crippen LogP contribution in [0.2, 0.25) is 0 Å². The van der Waals surface area contributed by atoms with Gasteiger partial charge in [-0.25, -0.2) is 4.98 Å².